The van der Waals surface area contributed by atoms with E-state index in [0.717, 1.165) is 0 Å². The van der Waals surface area contributed by atoms with Gasteiger partial charge in [0, 0.05) is 18.3 Å². The van der Waals surface area contributed by atoms with Crippen molar-refractivity contribution in [3.05, 3.63) is 70.5 Å². The zero-order chi connectivity index (χ0) is 20.8. The van der Waals surface area contributed by atoms with E-state index >= 15 is 0 Å². The smallest absolute Gasteiger partial charge is 0.276 e. The fraction of sp³-hybridized carbons (Fsp3) is 0.158. The number of methoxy groups -OCH3 is 2. The van der Waals surface area contributed by atoms with Crippen LogP contribution in [0.15, 0.2) is 54.7 Å². The van der Waals surface area contributed by atoms with Crippen molar-refractivity contribution in [3.63, 3.8) is 0 Å². The van der Waals surface area contributed by atoms with Gasteiger partial charge in [-0.3, -0.25) is 14.9 Å². The second-order valence-electron chi connectivity index (χ2n) is 5.82. The number of carbonyl (C=O) groups excluding carboxylic acids is 1. The summed E-state index contributed by atoms with van der Waals surface area (Å²) in [6.45, 7) is 0.101. The van der Waals surface area contributed by atoms with E-state index in [4.69, 9.17) is 14.2 Å². The molecule has 29 heavy (non-hydrogen) atoms. The number of nitrogens with zero attached hydrogens (tertiary/aromatic N) is 3. The molecule has 0 radical (unpaired) electrons. The monoisotopic (exact) mass is 398 g/mol. The standard InChI is InChI=1S/C19H18N4O6/c1-27-15-3-5-16(6-4-15)29-12-22-8-7-18(21-22)19(24)20-13-9-14(23(25)26)11-17(10-13)28-2/h3-11H,12H2,1-2H3,(H,20,24). The maximum absolute atomic E-state index is 12.4. The van der Waals surface area contributed by atoms with E-state index in [1.807, 2.05) is 0 Å². The summed E-state index contributed by atoms with van der Waals surface area (Å²) in [5.41, 5.74) is 0.164. The van der Waals surface area contributed by atoms with Crippen LogP contribution in [0.5, 0.6) is 17.2 Å². The summed E-state index contributed by atoms with van der Waals surface area (Å²) in [4.78, 5) is 22.8. The van der Waals surface area contributed by atoms with Crippen LogP contribution in [0.3, 0.4) is 0 Å². The molecule has 3 aromatic rings. The molecule has 1 aromatic heterocycles. The largest absolute Gasteiger partial charge is 0.497 e. The van der Waals surface area contributed by atoms with Gasteiger partial charge < -0.3 is 19.5 Å². The summed E-state index contributed by atoms with van der Waals surface area (Å²) in [6, 6.07) is 12.5. The van der Waals surface area contributed by atoms with Crippen LogP contribution in [0.25, 0.3) is 0 Å². The van der Waals surface area contributed by atoms with E-state index in [9.17, 15) is 14.9 Å². The molecule has 10 heteroatoms. The molecule has 150 valence electrons. The van der Waals surface area contributed by atoms with Gasteiger partial charge in [0.25, 0.3) is 11.6 Å². The Hall–Kier alpha value is -4.08. The molecular weight excluding hydrogens is 380 g/mol. The van der Waals surface area contributed by atoms with Gasteiger partial charge in [-0.15, -0.1) is 0 Å². The molecule has 0 fully saturated rings. The van der Waals surface area contributed by atoms with Gasteiger partial charge in [0.15, 0.2) is 12.4 Å². The van der Waals surface area contributed by atoms with Gasteiger partial charge in [-0.05, 0) is 30.3 Å². The first-order valence-corrected chi connectivity index (χ1v) is 8.43. The average Bonchev–Trinajstić information content (AvgIpc) is 3.21. The molecule has 0 aliphatic carbocycles. The highest BCUT2D eigenvalue weighted by Crippen LogP contribution is 2.26. The number of carbonyl (C=O) groups is 1. The number of hydrogen-bond acceptors (Lipinski definition) is 7. The lowest BCUT2D eigenvalue weighted by Gasteiger charge is -2.07. The van der Waals surface area contributed by atoms with Gasteiger partial charge in [0.05, 0.1) is 30.9 Å². The van der Waals surface area contributed by atoms with Crippen LogP contribution < -0.4 is 19.5 Å². The predicted octanol–water partition coefficient (Wildman–Crippen LogP) is 3.10. The number of nitro benzene ring substituents is 1. The third-order valence-corrected chi connectivity index (χ3v) is 3.89. The number of non-ortho nitro benzene ring substituents is 1. The average molecular weight is 398 g/mol. The summed E-state index contributed by atoms with van der Waals surface area (Å²) < 4.78 is 17.2. The normalized spacial score (nSPS) is 10.3. The highest BCUT2D eigenvalue weighted by atomic mass is 16.6. The van der Waals surface area contributed by atoms with Crippen LogP contribution in [0.4, 0.5) is 11.4 Å². The van der Waals surface area contributed by atoms with Crippen LogP contribution >= 0.6 is 0 Å². The van der Waals surface area contributed by atoms with Crippen molar-refractivity contribution in [2.75, 3.05) is 19.5 Å². The van der Waals surface area contributed by atoms with E-state index in [1.54, 1.807) is 37.6 Å². The lowest BCUT2D eigenvalue weighted by molar-refractivity contribution is -0.384. The van der Waals surface area contributed by atoms with Crippen LogP contribution in [-0.4, -0.2) is 34.8 Å². The Labute approximate surface area is 165 Å². The Bertz CT molecular complexity index is 1020. The van der Waals surface area contributed by atoms with Crippen molar-refractivity contribution in [3.8, 4) is 17.2 Å². The minimum absolute atomic E-state index is 0.101. The van der Waals surface area contributed by atoms with E-state index in [1.165, 1.54) is 36.1 Å². The van der Waals surface area contributed by atoms with E-state index in [-0.39, 0.29) is 29.5 Å². The molecule has 0 saturated heterocycles. The van der Waals surface area contributed by atoms with Crippen LogP contribution in [0.2, 0.25) is 0 Å². The van der Waals surface area contributed by atoms with E-state index in [0.29, 0.717) is 11.5 Å². The van der Waals surface area contributed by atoms with Crippen molar-refractivity contribution >= 4 is 17.3 Å². The zero-order valence-corrected chi connectivity index (χ0v) is 15.7. The highest BCUT2D eigenvalue weighted by molar-refractivity contribution is 6.03. The van der Waals surface area contributed by atoms with Crippen molar-refractivity contribution in [1.82, 2.24) is 9.78 Å². The molecule has 1 N–H and O–H groups in total. The summed E-state index contributed by atoms with van der Waals surface area (Å²) in [5, 5.41) is 17.7. The first kappa shape index (κ1) is 19.7. The quantitative estimate of drug-likeness (QED) is 0.457. The molecule has 0 bridgehead atoms. The van der Waals surface area contributed by atoms with Crippen molar-refractivity contribution in [2.24, 2.45) is 0 Å². The third kappa shape index (κ3) is 5.01. The molecule has 0 spiro atoms. The number of rotatable bonds is 8. The number of hydrogen-bond donors (Lipinski definition) is 1. The maximum atomic E-state index is 12.4. The molecule has 0 aliphatic rings. The summed E-state index contributed by atoms with van der Waals surface area (Å²) >= 11 is 0. The minimum atomic E-state index is -0.566. The number of benzene rings is 2. The number of anilines is 1. The van der Waals surface area contributed by atoms with E-state index < -0.39 is 10.8 Å². The molecule has 0 atom stereocenters. The second-order valence-corrected chi connectivity index (χ2v) is 5.82. The number of amides is 1. The number of aromatic nitrogens is 2. The Morgan fingerprint density at radius 3 is 2.41 bits per heavy atom. The Morgan fingerprint density at radius 2 is 1.76 bits per heavy atom. The van der Waals surface area contributed by atoms with Crippen LogP contribution in [0.1, 0.15) is 10.5 Å². The van der Waals surface area contributed by atoms with Crippen molar-refractivity contribution < 1.29 is 23.9 Å². The van der Waals surface area contributed by atoms with E-state index in [2.05, 4.69) is 10.4 Å². The van der Waals surface area contributed by atoms with Crippen molar-refractivity contribution in [2.45, 2.75) is 6.73 Å². The lowest BCUT2D eigenvalue weighted by Crippen LogP contribution is -2.14. The Kier molecular flexibility index (Phi) is 5.93. The molecule has 1 amide bonds. The second kappa shape index (κ2) is 8.74. The first-order chi connectivity index (χ1) is 14.0. The van der Waals surface area contributed by atoms with Gasteiger partial charge in [0.2, 0.25) is 0 Å². The Morgan fingerprint density at radius 1 is 1.07 bits per heavy atom. The molecule has 1 heterocycles. The summed E-state index contributed by atoms with van der Waals surface area (Å²) in [7, 11) is 2.96. The van der Waals surface area contributed by atoms with Gasteiger partial charge in [0.1, 0.15) is 17.2 Å². The fourth-order valence-corrected chi connectivity index (χ4v) is 2.44. The molecule has 2 aromatic carbocycles. The van der Waals surface area contributed by atoms with Gasteiger partial charge in [-0.2, -0.15) is 5.10 Å². The maximum Gasteiger partial charge on any atom is 0.276 e. The van der Waals surface area contributed by atoms with Gasteiger partial charge in [-0.1, -0.05) is 0 Å². The lowest BCUT2D eigenvalue weighted by atomic mass is 10.2. The molecule has 0 unspecified atom stereocenters. The van der Waals surface area contributed by atoms with Gasteiger partial charge in [-0.25, -0.2) is 4.68 Å². The van der Waals surface area contributed by atoms with Crippen LogP contribution in [-0.2, 0) is 6.73 Å². The molecular formula is C19H18N4O6. The fourth-order valence-electron chi connectivity index (χ4n) is 2.44. The van der Waals surface area contributed by atoms with Gasteiger partial charge >= 0.3 is 0 Å². The van der Waals surface area contributed by atoms with Crippen molar-refractivity contribution in [1.29, 1.82) is 0 Å². The molecule has 0 saturated carbocycles. The van der Waals surface area contributed by atoms with Crippen LogP contribution in [0, 0.1) is 10.1 Å². The minimum Gasteiger partial charge on any atom is -0.497 e. The number of ether oxygens (including phenoxy) is 3. The topological polar surface area (TPSA) is 118 Å². The number of nitro groups is 1. The summed E-state index contributed by atoms with van der Waals surface area (Å²) in [5.74, 6) is 1.08. The zero-order valence-electron chi connectivity index (χ0n) is 15.7. The third-order valence-electron chi connectivity index (χ3n) is 3.89. The SMILES string of the molecule is COc1ccc(OCn2ccc(C(=O)Nc3cc(OC)cc([N+](=O)[O-])c3)n2)cc1. The highest BCUT2D eigenvalue weighted by Gasteiger charge is 2.15. The Balaban J connectivity index is 1.64. The predicted molar refractivity (Wildman–Crippen MR) is 103 cm³/mol. The summed E-state index contributed by atoms with van der Waals surface area (Å²) in [6.07, 6.45) is 1.59. The molecule has 3 rings (SSSR count). The number of nitrogens with one attached hydrogen (secondary N) is 1. The molecule has 10 nitrogen and oxygen atoms in total. The first-order valence-electron chi connectivity index (χ1n) is 8.43. The molecule has 0 aliphatic heterocycles.